The van der Waals surface area contributed by atoms with Gasteiger partial charge in [-0.3, -0.25) is 9.48 Å². The Morgan fingerprint density at radius 3 is 2.71 bits per heavy atom. The van der Waals surface area contributed by atoms with Gasteiger partial charge in [-0.05, 0) is 37.3 Å². The van der Waals surface area contributed by atoms with E-state index in [2.05, 4.69) is 24.3 Å². The molecule has 2 aromatic rings. The molecule has 4 nitrogen and oxygen atoms in total. The van der Waals surface area contributed by atoms with Crippen molar-refractivity contribution in [3.05, 3.63) is 41.7 Å². The number of hydrogen-bond donors (Lipinski definition) is 1. The molecule has 0 saturated heterocycles. The van der Waals surface area contributed by atoms with Crippen molar-refractivity contribution < 1.29 is 4.79 Å². The quantitative estimate of drug-likeness (QED) is 0.849. The first-order valence-corrected chi connectivity index (χ1v) is 8.31. The van der Waals surface area contributed by atoms with Crippen molar-refractivity contribution in [1.82, 2.24) is 9.78 Å². The third-order valence-electron chi connectivity index (χ3n) is 3.28. The molecule has 0 spiro atoms. The normalized spacial score (nSPS) is 10.9. The van der Waals surface area contributed by atoms with Crippen molar-refractivity contribution in [2.24, 2.45) is 0 Å². The Bertz CT molecular complexity index is 634. The van der Waals surface area contributed by atoms with Gasteiger partial charge in [0.05, 0.1) is 11.4 Å². The lowest BCUT2D eigenvalue weighted by atomic mass is 10.1. The van der Waals surface area contributed by atoms with Crippen LogP contribution >= 0.6 is 11.8 Å². The Morgan fingerprint density at radius 2 is 2.10 bits per heavy atom. The zero-order valence-electron chi connectivity index (χ0n) is 12.9. The second kappa shape index (κ2) is 6.80. The molecule has 0 atom stereocenters. The van der Waals surface area contributed by atoms with Gasteiger partial charge in [-0.1, -0.05) is 26.0 Å². The summed E-state index contributed by atoms with van der Waals surface area (Å²) in [6, 6.07) is 9.68. The average molecular weight is 303 g/mol. The molecule has 1 N–H and O–H groups in total. The summed E-state index contributed by atoms with van der Waals surface area (Å²) in [5, 5.41) is 7.47. The Morgan fingerprint density at radius 1 is 1.38 bits per heavy atom. The van der Waals surface area contributed by atoms with Crippen molar-refractivity contribution in [1.29, 1.82) is 0 Å². The van der Waals surface area contributed by atoms with Crippen LogP contribution in [0.25, 0.3) is 0 Å². The number of carbonyl (C=O) groups excluding carboxylic acids is 1. The van der Waals surface area contributed by atoms with Gasteiger partial charge in [0.1, 0.15) is 5.69 Å². The van der Waals surface area contributed by atoms with E-state index in [0.717, 1.165) is 16.3 Å². The fraction of sp³-hybridized carbons (Fsp3) is 0.375. The van der Waals surface area contributed by atoms with E-state index in [4.69, 9.17) is 0 Å². The van der Waals surface area contributed by atoms with E-state index in [0.29, 0.717) is 18.2 Å². The van der Waals surface area contributed by atoms with Crippen molar-refractivity contribution in [2.75, 3.05) is 11.6 Å². The van der Waals surface area contributed by atoms with Crippen LogP contribution in [0.5, 0.6) is 0 Å². The van der Waals surface area contributed by atoms with E-state index < -0.39 is 0 Å². The topological polar surface area (TPSA) is 46.9 Å². The predicted octanol–water partition coefficient (Wildman–Crippen LogP) is 4.00. The molecule has 5 heteroatoms. The summed E-state index contributed by atoms with van der Waals surface area (Å²) in [4.78, 5) is 13.6. The summed E-state index contributed by atoms with van der Waals surface area (Å²) in [5.41, 5.74) is 2.39. The van der Waals surface area contributed by atoms with E-state index in [9.17, 15) is 4.79 Å². The smallest absolute Gasteiger partial charge is 0.273 e. The first kappa shape index (κ1) is 15.6. The zero-order chi connectivity index (χ0) is 15.4. The van der Waals surface area contributed by atoms with Crippen molar-refractivity contribution in [3.63, 3.8) is 0 Å². The number of thioether (sulfide) groups is 1. The number of amides is 1. The number of anilines is 1. The predicted molar refractivity (Wildman–Crippen MR) is 88.2 cm³/mol. The summed E-state index contributed by atoms with van der Waals surface area (Å²) in [7, 11) is 0. The van der Waals surface area contributed by atoms with Crippen LogP contribution in [0.2, 0.25) is 0 Å². The first-order chi connectivity index (χ1) is 10.1. The maximum absolute atomic E-state index is 12.5. The zero-order valence-corrected chi connectivity index (χ0v) is 13.7. The first-order valence-electron chi connectivity index (χ1n) is 7.09. The molecule has 2 rings (SSSR count). The van der Waals surface area contributed by atoms with Crippen LogP contribution in [-0.2, 0) is 6.54 Å². The molecule has 0 aliphatic heterocycles. The summed E-state index contributed by atoms with van der Waals surface area (Å²) in [5.74, 6) is 0.195. The Balaban J connectivity index is 2.28. The molecule has 1 heterocycles. The number of nitrogens with one attached hydrogen (secondary N) is 1. The van der Waals surface area contributed by atoms with Crippen LogP contribution in [-0.4, -0.2) is 21.9 Å². The molecule has 1 amide bonds. The van der Waals surface area contributed by atoms with Gasteiger partial charge in [-0.15, -0.1) is 11.8 Å². The minimum atomic E-state index is -0.113. The summed E-state index contributed by atoms with van der Waals surface area (Å²) in [6.07, 6.45) is 2.00. The molecule has 112 valence electrons. The highest BCUT2D eigenvalue weighted by atomic mass is 32.2. The van der Waals surface area contributed by atoms with Crippen LogP contribution < -0.4 is 5.32 Å². The standard InChI is InChI=1S/C16H21N3OS/c1-5-19-14(10-13(18-19)11(2)3)16(20)17-12-8-6-7-9-15(12)21-4/h6-11H,5H2,1-4H3,(H,17,20). The third kappa shape index (κ3) is 3.47. The molecule has 1 aromatic heterocycles. The maximum atomic E-state index is 12.5. The number of para-hydroxylation sites is 1. The van der Waals surface area contributed by atoms with Gasteiger partial charge in [0.2, 0.25) is 0 Å². The highest BCUT2D eigenvalue weighted by molar-refractivity contribution is 7.98. The molecule has 0 aliphatic rings. The number of rotatable bonds is 5. The fourth-order valence-electron chi connectivity index (χ4n) is 2.08. The number of benzene rings is 1. The molecule has 0 saturated carbocycles. The monoisotopic (exact) mass is 303 g/mol. The van der Waals surface area contributed by atoms with Gasteiger partial charge in [0, 0.05) is 11.4 Å². The molecule has 1 aromatic carbocycles. The molecular weight excluding hydrogens is 282 g/mol. The molecule has 0 bridgehead atoms. The minimum Gasteiger partial charge on any atom is -0.320 e. The molecule has 0 unspecified atom stereocenters. The highest BCUT2D eigenvalue weighted by Gasteiger charge is 2.17. The van der Waals surface area contributed by atoms with Gasteiger partial charge in [-0.25, -0.2) is 0 Å². The van der Waals surface area contributed by atoms with Crippen LogP contribution in [0.15, 0.2) is 35.2 Å². The summed E-state index contributed by atoms with van der Waals surface area (Å²) in [6.45, 7) is 6.82. The number of aromatic nitrogens is 2. The van der Waals surface area contributed by atoms with Crippen LogP contribution in [0.3, 0.4) is 0 Å². The van der Waals surface area contributed by atoms with Gasteiger partial charge in [0.25, 0.3) is 5.91 Å². The SMILES string of the molecule is CCn1nc(C(C)C)cc1C(=O)Nc1ccccc1SC. The Kier molecular flexibility index (Phi) is 5.07. The Labute approximate surface area is 129 Å². The van der Waals surface area contributed by atoms with Crippen LogP contribution in [0, 0.1) is 0 Å². The van der Waals surface area contributed by atoms with Crippen LogP contribution in [0.1, 0.15) is 42.9 Å². The van der Waals surface area contributed by atoms with E-state index in [1.54, 1.807) is 16.4 Å². The van der Waals surface area contributed by atoms with Gasteiger partial charge < -0.3 is 5.32 Å². The third-order valence-corrected chi connectivity index (χ3v) is 4.07. The van der Waals surface area contributed by atoms with Gasteiger partial charge in [0.15, 0.2) is 0 Å². The second-order valence-electron chi connectivity index (χ2n) is 5.08. The van der Waals surface area contributed by atoms with E-state index >= 15 is 0 Å². The fourth-order valence-corrected chi connectivity index (χ4v) is 2.63. The maximum Gasteiger partial charge on any atom is 0.273 e. The number of nitrogens with zero attached hydrogens (tertiary/aromatic N) is 2. The van der Waals surface area contributed by atoms with Gasteiger partial charge >= 0.3 is 0 Å². The lowest BCUT2D eigenvalue weighted by Crippen LogP contribution is -2.17. The molecule has 0 aliphatic carbocycles. The molecule has 0 radical (unpaired) electrons. The van der Waals surface area contributed by atoms with E-state index in [1.165, 1.54) is 0 Å². The lowest BCUT2D eigenvalue weighted by Gasteiger charge is -2.09. The Hall–Kier alpha value is -1.75. The number of hydrogen-bond acceptors (Lipinski definition) is 3. The number of carbonyl (C=O) groups is 1. The second-order valence-corrected chi connectivity index (χ2v) is 5.93. The van der Waals surface area contributed by atoms with Crippen molar-refractivity contribution in [2.45, 2.75) is 38.1 Å². The van der Waals surface area contributed by atoms with E-state index in [-0.39, 0.29) is 5.91 Å². The largest absolute Gasteiger partial charge is 0.320 e. The summed E-state index contributed by atoms with van der Waals surface area (Å²) < 4.78 is 1.76. The molecule has 21 heavy (non-hydrogen) atoms. The molecular formula is C16H21N3OS. The van der Waals surface area contributed by atoms with Gasteiger partial charge in [-0.2, -0.15) is 5.10 Å². The van der Waals surface area contributed by atoms with Crippen molar-refractivity contribution >= 4 is 23.4 Å². The number of aryl methyl sites for hydroxylation is 1. The van der Waals surface area contributed by atoms with Crippen molar-refractivity contribution in [3.8, 4) is 0 Å². The van der Waals surface area contributed by atoms with E-state index in [1.807, 2.05) is 43.5 Å². The molecule has 0 fully saturated rings. The highest BCUT2D eigenvalue weighted by Crippen LogP contribution is 2.25. The summed E-state index contributed by atoms with van der Waals surface area (Å²) >= 11 is 1.62. The average Bonchev–Trinajstić information content (AvgIpc) is 2.92. The van der Waals surface area contributed by atoms with Crippen LogP contribution in [0.4, 0.5) is 5.69 Å². The lowest BCUT2D eigenvalue weighted by molar-refractivity contribution is 0.101. The minimum absolute atomic E-state index is 0.113.